The van der Waals surface area contributed by atoms with E-state index >= 15 is 0 Å². The molecule has 4 nitrogen and oxygen atoms in total. The van der Waals surface area contributed by atoms with Crippen LogP contribution in [0.2, 0.25) is 0 Å². The molecule has 0 radical (unpaired) electrons. The lowest BCUT2D eigenvalue weighted by Crippen LogP contribution is -2.10. The van der Waals surface area contributed by atoms with Gasteiger partial charge in [0.15, 0.2) is 0 Å². The van der Waals surface area contributed by atoms with Crippen molar-refractivity contribution >= 4 is 143 Å². The first-order valence-corrected chi connectivity index (χ1v) is 34.2. The van der Waals surface area contributed by atoms with Gasteiger partial charge in [-0.3, -0.25) is 0 Å². The Kier molecular flexibility index (Phi) is 14.2. The average molecular weight is 1280 g/mol. The third kappa shape index (κ3) is 10.2. The Hall–Kier alpha value is -13.3. The summed E-state index contributed by atoms with van der Waals surface area (Å²) in [5.74, 6) is 0. The van der Waals surface area contributed by atoms with E-state index in [0.717, 1.165) is 99.5 Å². The molecule has 0 saturated carbocycles. The van der Waals surface area contributed by atoms with Gasteiger partial charge in [0.25, 0.3) is 0 Å². The zero-order chi connectivity index (χ0) is 66.0. The second kappa shape index (κ2) is 24.4. The molecule has 0 bridgehead atoms. The van der Waals surface area contributed by atoms with Gasteiger partial charge in [0.2, 0.25) is 0 Å². The molecule has 0 aliphatic carbocycles. The van der Waals surface area contributed by atoms with Crippen molar-refractivity contribution in [3.8, 4) is 44.5 Å². The normalized spacial score (nSPS) is 11.6. The molecule has 0 atom stereocenters. The van der Waals surface area contributed by atoms with E-state index in [4.69, 9.17) is 8.83 Å². The fourth-order valence-electron chi connectivity index (χ4n) is 15.2. The van der Waals surface area contributed by atoms with Gasteiger partial charge in [0, 0.05) is 65.8 Å². The van der Waals surface area contributed by atoms with Crippen molar-refractivity contribution < 1.29 is 8.83 Å². The largest absolute Gasteiger partial charge is 0.455 e. The highest BCUT2D eigenvalue weighted by Crippen LogP contribution is 2.48. The van der Waals surface area contributed by atoms with Crippen molar-refractivity contribution in [1.82, 2.24) is 0 Å². The Labute approximate surface area is 578 Å². The van der Waals surface area contributed by atoms with Crippen molar-refractivity contribution in [1.29, 1.82) is 0 Å². The molecule has 0 aliphatic heterocycles. The molecule has 20 aromatic rings. The average Bonchev–Trinajstić information content (AvgIpc) is 1.37. The molecule has 18 aromatic carbocycles. The number of hydrogen-bond donors (Lipinski definition) is 0. The molecule has 100 heavy (non-hydrogen) atoms. The number of anilines is 6. The van der Waals surface area contributed by atoms with Gasteiger partial charge in [-0.25, -0.2) is 0 Å². The van der Waals surface area contributed by atoms with Crippen LogP contribution in [0.25, 0.3) is 153 Å². The Morgan fingerprint density at radius 3 is 1.10 bits per heavy atom. The highest BCUT2D eigenvalue weighted by molar-refractivity contribution is 6.22. The Morgan fingerprint density at radius 2 is 0.530 bits per heavy atom. The molecule has 2 aromatic heterocycles. The van der Waals surface area contributed by atoms with Crippen LogP contribution in [0.1, 0.15) is 0 Å². The molecule has 0 aliphatic rings. The third-order valence-corrected chi connectivity index (χ3v) is 20.1. The minimum absolute atomic E-state index is 0.898. The molecule has 20 rings (SSSR count). The maximum absolute atomic E-state index is 6.49. The summed E-state index contributed by atoms with van der Waals surface area (Å²) < 4.78 is 13.0. The van der Waals surface area contributed by atoms with Crippen LogP contribution in [0.5, 0.6) is 0 Å². The van der Waals surface area contributed by atoms with Crippen molar-refractivity contribution in [2.45, 2.75) is 0 Å². The smallest absolute Gasteiger partial charge is 0.143 e. The van der Waals surface area contributed by atoms with E-state index in [-0.39, 0.29) is 0 Å². The fraction of sp³-hybridized carbons (Fsp3) is 0. The molecule has 0 N–H and O–H groups in total. The Bertz CT molecular complexity index is 6510. The van der Waals surface area contributed by atoms with Crippen molar-refractivity contribution in [2.75, 3.05) is 9.80 Å². The SMILES string of the molecule is c1ccc(-c2ccc(N(c3ccc(-c4cc5ccccc5c5ccccc45)cc3)c3cc4c5ccccc5oc4c4ccccc34)cc2)cc1.c1ccc(-c2cccc(N(c3ccc(-c4ccc5c(ccc6ccccc65)c4)cc3)c3cc4c5ccccc5oc4c4ccccc34)c2)cc1. The number of hydrogen-bond acceptors (Lipinski definition) is 4. The lowest BCUT2D eigenvalue weighted by atomic mass is 9.93. The van der Waals surface area contributed by atoms with Gasteiger partial charge >= 0.3 is 0 Å². The van der Waals surface area contributed by atoms with Crippen molar-refractivity contribution in [2.24, 2.45) is 0 Å². The van der Waals surface area contributed by atoms with Crippen LogP contribution in [0, 0.1) is 0 Å². The van der Waals surface area contributed by atoms with E-state index in [0.29, 0.717) is 0 Å². The first-order valence-electron chi connectivity index (χ1n) is 34.2. The summed E-state index contributed by atoms with van der Waals surface area (Å²) in [5.41, 5.74) is 19.8. The predicted molar refractivity (Wildman–Crippen MR) is 424 cm³/mol. The minimum Gasteiger partial charge on any atom is -0.455 e. The third-order valence-electron chi connectivity index (χ3n) is 20.1. The second-order valence-electron chi connectivity index (χ2n) is 25.8. The fourth-order valence-corrected chi connectivity index (χ4v) is 15.2. The van der Waals surface area contributed by atoms with Gasteiger partial charge in [0.05, 0.1) is 11.4 Å². The standard InChI is InChI=1S/2C48H31NO/c1-2-12-32(13-3-1)33-22-26-36(27-23-33)49(46-31-45-42-19-10-11-21-47(42)50-48(45)43-20-9-8-18-41(43)46)37-28-24-34(25-29-37)44-30-35-14-4-5-15-38(35)39-16-6-7-17-40(39)44;1-2-11-32(12-3-1)35-14-10-15-39(30-35)49(46-31-45-43-18-8-9-20-47(43)50-48(45)44-19-7-6-17-42(44)46)38-26-23-33(24-27-38)36-25-28-41-37(29-36)22-21-34-13-4-5-16-40(34)41/h2*1-31H. The van der Waals surface area contributed by atoms with Crippen LogP contribution in [0.3, 0.4) is 0 Å². The Morgan fingerprint density at radius 1 is 0.170 bits per heavy atom. The molecule has 2 heterocycles. The van der Waals surface area contributed by atoms with E-state index in [2.05, 4.69) is 374 Å². The van der Waals surface area contributed by atoms with Crippen LogP contribution >= 0.6 is 0 Å². The van der Waals surface area contributed by atoms with Gasteiger partial charge in [-0.05, 0) is 173 Å². The van der Waals surface area contributed by atoms with Crippen LogP contribution in [0.15, 0.2) is 385 Å². The summed E-state index contributed by atoms with van der Waals surface area (Å²) in [6.45, 7) is 0. The van der Waals surface area contributed by atoms with Crippen LogP contribution in [0.4, 0.5) is 34.1 Å². The van der Waals surface area contributed by atoms with Gasteiger partial charge in [-0.15, -0.1) is 0 Å². The summed E-state index contributed by atoms with van der Waals surface area (Å²) >= 11 is 0. The van der Waals surface area contributed by atoms with Gasteiger partial charge in [0.1, 0.15) is 22.3 Å². The highest BCUT2D eigenvalue weighted by atomic mass is 16.3. The minimum atomic E-state index is 0.898. The zero-order valence-corrected chi connectivity index (χ0v) is 54.5. The summed E-state index contributed by atoms with van der Waals surface area (Å²) in [4.78, 5) is 4.78. The maximum Gasteiger partial charge on any atom is 0.143 e. The number of fused-ring (bicyclic) bond motifs is 16. The van der Waals surface area contributed by atoms with Crippen molar-refractivity contribution in [3.05, 3.63) is 376 Å². The van der Waals surface area contributed by atoms with Crippen molar-refractivity contribution in [3.63, 3.8) is 0 Å². The summed E-state index contributed by atoms with van der Waals surface area (Å²) in [6.07, 6.45) is 0. The lowest BCUT2D eigenvalue weighted by molar-refractivity contribution is 0.672. The van der Waals surface area contributed by atoms with Gasteiger partial charge in [-0.1, -0.05) is 291 Å². The number of furan rings is 2. The first kappa shape index (κ1) is 58.1. The van der Waals surface area contributed by atoms with E-state index < -0.39 is 0 Å². The monoisotopic (exact) mass is 1270 g/mol. The van der Waals surface area contributed by atoms with E-state index in [1.165, 1.54) is 87.6 Å². The number of nitrogens with zero attached hydrogens (tertiary/aromatic N) is 2. The molecule has 0 fully saturated rings. The van der Waals surface area contributed by atoms with Crippen LogP contribution in [-0.2, 0) is 0 Å². The summed E-state index contributed by atoms with van der Waals surface area (Å²) in [7, 11) is 0. The molecule has 468 valence electrons. The van der Waals surface area contributed by atoms with E-state index in [9.17, 15) is 0 Å². The van der Waals surface area contributed by atoms with Gasteiger partial charge in [-0.2, -0.15) is 0 Å². The van der Waals surface area contributed by atoms with Crippen LogP contribution in [-0.4, -0.2) is 0 Å². The highest BCUT2D eigenvalue weighted by Gasteiger charge is 2.24. The molecule has 0 spiro atoms. The summed E-state index contributed by atoms with van der Waals surface area (Å²) in [6, 6.07) is 135. The molecule has 4 heteroatoms. The lowest BCUT2D eigenvalue weighted by Gasteiger charge is -2.28. The van der Waals surface area contributed by atoms with E-state index in [1.807, 2.05) is 12.1 Å². The van der Waals surface area contributed by atoms with Crippen LogP contribution < -0.4 is 9.80 Å². The molecule has 0 saturated heterocycles. The van der Waals surface area contributed by atoms with Gasteiger partial charge < -0.3 is 18.6 Å². The first-order chi connectivity index (χ1) is 49.6. The quantitative estimate of drug-likeness (QED) is 0.128. The molecule has 0 amide bonds. The number of para-hydroxylation sites is 2. The second-order valence-corrected chi connectivity index (χ2v) is 25.8. The predicted octanol–water partition coefficient (Wildman–Crippen LogP) is 27.7. The zero-order valence-electron chi connectivity index (χ0n) is 54.5. The molecule has 0 unspecified atom stereocenters. The maximum atomic E-state index is 6.49. The molecular weight excluding hydrogens is 1210 g/mol. The summed E-state index contributed by atoms with van der Waals surface area (Å²) in [5, 5.41) is 19.1. The number of benzene rings is 18. The molecular formula is C96H62N2O2. The number of rotatable bonds is 10. The Balaban J connectivity index is 0.000000139. The topological polar surface area (TPSA) is 32.8 Å². The van der Waals surface area contributed by atoms with E-state index in [1.54, 1.807) is 0 Å².